The summed E-state index contributed by atoms with van der Waals surface area (Å²) in [7, 11) is 0. The number of nitrogens with zero attached hydrogens (tertiary/aromatic N) is 3. The third-order valence-corrected chi connectivity index (χ3v) is 9.64. The number of anilines is 1. The molecule has 236 valence electrons. The number of fused-ring (bicyclic) bond motifs is 1. The molecule has 2 aliphatic carbocycles. The van der Waals surface area contributed by atoms with Crippen molar-refractivity contribution in [3.63, 3.8) is 0 Å². The quantitative estimate of drug-likeness (QED) is 0.253. The molecule has 1 aromatic heterocycles. The molecule has 0 unspecified atom stereocenters. The lowest BCUT2D eigenvalue weighted by Crippen LogP contribution is -2.46. The highest BCUT2D eigenvalue weighted by Crippen LogP contribution is 2.30. The third kappa shape index (κ3) is 7.17. The molecular weight excluding hydrogens is 570 g/mol. The van der Waals surface area contributed by atoms with E-state index in [9.17, 15) is 19.5 Å². The first-order chi connectivity index (χ1) is 21.9. The predicted molar refractivity (Wildman–Crippen MR) is 168 cm³/mol. The summed E-state index contributed by atoms with van der Waals surface area (Å²) in [6.07, 6.45) is 8.03. The number of carboxylic acids is 1. The SMILES string of the molecule is NC1CCC(C(=O)OC[n+]2cnc3c(c2NC2CCC(C(=O)O)CC2)CN(C(=O)c2ccc(-c4ccccc4)cc2)CC3)CC1. The van der Waals surface area contributed by atoms with Crippen LogP contribution >= 0.6 is 0 Å². The number of ether oxygens (including phenoxy) is 1. The number of esters is 1. The number of nitrogens with two attached hydrogens (primary N) is 1. The Labute approximate surface area is 263 Å². The first-order valence-electron chi connectivity index (χ1n) is 16.1. The van der Waals surface area contributed by atoms with Crippen molar-refractivity contribution in [2.24, 2.45) is 17.6 Å². The van der Waals surface area contributed by atoms with Crippen LogP contribution in [0.3, 0.4) is 0 Å². The number of rotatable bonds is 8. The Hall–Kier alpha value is -4.31. The van der Waals surface area contributed by atoms with Gasteiger partial charge in [-0.3, -0.25) is 14.4 Å². The smallest absolute Gasteiger partial charge is 0.311 e. The van der Waals surface area contributed by atoms with Crippen LogP contribution in [0.2, 0.25) is 0 Å². The van der Waals surface area contributed by atoms with E-state index in [0.717, 1.165) is 53.9 Å². The van der Waals surface area contributed by atoms with Gasteiger partial charge in [0.2, 0.25) is 18.9 Å². The lowest BCUT2D eigenvalue weighted by Gasteiger charge is -2.30. The molecule has 0 radical (unpaired) electrons. The van der Waals surface area contributed by atoms with Gasteiger partial charge in [0.25, 0.3) is 5.91 Å². The molecule has 2 fully saturated rings. The van der Waals surface area contributed by atoms with Gasteiger partial charge in [-0.2, -0.15) is 0 Å². The van der Waals surface area contributed by atoms with Crippen molar-refractivity contribution in [1.29, 1.82) is 0 Å². The third-order valence-electron chi connectivity index (χ3n) is 9.64. The Balaban J connectivity index is 1.21. The summed E-state index contributed by atoms with van der Waals surface area (Å²) >= 11 is 0. The van der Waals surface area contributed by atoms with Gasteiger partial charge >= 0.3 is 11.9 Å². The minimum Gasteiger partial charge on any atom is -0.481 e. The van der Waals surface area contributed by atoms with Crippen LogP contribution < -0.4 is 15.6 Å². The molecular formula is C35H42N5O5+. The fourth-order valence-corrected chi connectivity index (χ4v) is 6.82. The number of carbonyl (C=O) groups is 3. The Morgan fingerprint density at radius 2 is 1.58 bits per heavy atom. The number of aromatic nitrogens is 2. The second kappa shape index (κ2) is 13.8. The van der Waals surface area contributed by atoms with E-state index in [1.807, 2.05) is 64.1 Å². The molecule has 6 rings (SSSR count). The number of benzene rings is 2. The van der Waals surface area contributed by atoms with Gasteiger partial charge in [0, 0.05) is 24.6 Å². The topological polar surface area (TPSA) is 139 Å². The zero-order chi connectivity index (χ0) is 31.3. The summed E-state index contributed by atoms with van der Waals surface area (Å²) in [6.45, 7) is 0.915. The maximum Gasteiger partial charge on any atom is 0.311 e. The van der Waals surface area contributed by atoms with Crippen molar-refractivity contribution in [3.8, 4) is 11.1 Å². The van der Waals surface area contributed by atoms with Crippen LogP contribution in [0.4, 0.5) is 5.82 Å². The molecule has 0 atom stereocenters. The normalized spacial score (nSPS) is 23.1. The minimum atomic E-state index is -0.744. The van der Waals surface area contributed by atoms with E-state index in [4.69, 9.17) is 15.5 Å². The molecule has 0 saturated heterocycles. The first-order valence-corrected chi connectivity index (χ1v) is 16.1. The average Bonchev–Trinajstić information content (AvgIpc) is 3.08. The van der Waals surface area contributed by atoms with E-state index in [-0.39, 0.29) is 42.5 Å². The zero-order valence-corrected chi connectivity index (χ0v) is 25.6. The van der Waals surface area contributed by atoms with Gasteiger partial charge < -0.3 is 25.8 Å². The highest BCUT2D eigenvalue weighted by molar-refractivity contribution is 5.95. The molecule has 1 amide bonds. The zero-order valence-electron chi connectivity index (χ0n) is 25.6. The van der Waals surface area contributed by atoms with Crippen LogP contribution in [0.25, 0.3) is 11.1 Å². The fourth-order valence-electron chi connectivity index (χ4n) is 6.82. The van der Waals surface area contributed by atoms with Crippen molar-refractivity contribution in [1.82, 2.24) is 9.88 Å². The molecule has 2 aromatic carbocycles. The van der Waals surface area contributed by atoms with E-state index >= 15 is 0 Å². The van der Waals surface area contributed by atoms with Crippen molar-refractivity contribution < 1.29 is 28.8 Å². The van der Waals surface area contributed by atoms with Crippen LogP contribution in [-0.4, -0.2) is 51.5 Å². The van der Waals surface area contributed by atoms with Gasteiger partial charge in [0.1, 0.15) is 5.69 Å². The molecule has 10 nitrogen and oxygen atoms in total. The Kier molecular flexibility index (Phi) is 9.39. The molecule has 2 saturated carbocycles. The molecule has 0 bridgehead atoms. The molecule has 2 heterocycles. The second-order valence-corrected chi connectivity index (χ2v) is 12.6. The number of carboxylic acid groups (broad SMARTS) is 1. The van der Waals surface area contributed by atoms with Gasteiger partial charge in [-0.1, -0.05) is 42.5 Å². The average molecular weight is 613 g/mol. The molecule has 10 heteroatoms. The van der Waals surface area contributed by atoms with Gasteiger partial charge in [-0.15, -0.1) is 4.98 Å². The number of hydrogen-bond acceptors (Lipinski definition) is 7. The maximum absolute atomic E-state index is 13.7. The largest absolute Gasteiger partial charge is 0.481 e. The summed E-state index contributed by atoms with van der Waals surface area (Å²) in [4.78, 5) is 44.8. The number of amides is 1. The van der Waals surface area contributed by atoms with Crippen LogP contribution in [0.15, 0.2) is 60.9 Å². The second-order valence-electron chi connectivity index (χ2n) is 12.6. The monoisotopic (exact) mass is 612 g/mol. The van der Waals surface area contributed by atoms with Crippen molar-refractivity contribution in [2.45, 2.75) is 83.1 Å². The highest BCUT2D eigenvalue weighted by atomic mass is 16.5. The fraction of sp³-hybridized carbons (Fsp3) is 0.457. The van der Waals surface area contributed by atoms with Crippen molar-refractivity contribution in [3.05, 3.63) is 77.7 Å². The minimum absolute atomic E-state index is 0.00334. The summed E-state index contributed by atoms with van der Waals surface area (Å²) < 4.78 is 7.63. The van der Waals surface area contributed by atoms with Crippen molar-refractivity contribution in [2.75, 3.05) is 11.9 Å². The van der Waals surface area contributed by atoms with Gasteiger partial charge in [-0.05, 0) is 74.6 Å². The Bertz CT molecular complexity index is 1510. The summed E-state index contributed by atoms with van der Waals surface area (Å²) in [5, 5.41) is 13.1. The van der Waals surface area contributed by atoms with Crippen LogP contribution in [0.5, 0.6) is 0 Å². The summed E-state index contributed by atoms with van der Waals surface area (Å²) in [5.41, 5.74) is 10.6. The lowest BCUT2D eigenvalue weighted by atomic mass is 9.86. The first kappa shape index (κ1) is 30.7. The number of carbonyl (C=O) groups excluding carboxylic acids is 2. The van der Waals surface area contributed by atoms with E-state index in [0.29, 0.717) is 50.8 Å². The molecule has 3 aromatic rings. The molecule has 4 N–H and O–H groups in total. The van der Waals surface area contributed by atoms with Crippen molar-refractivity contribution >= 4 is 23.7 Å². The molecule has 45 heavy (non-hydrogen) atoms. The number of hydrogen-bond donors (Lipinski definition) is 3. The van der Waals surface area contributed by atoms with E-state index in [1.54, 1.807) is 6.33 Å². The maximum atomic E-state index is 13.7. The van der Waals surface area contributed by atoms with E-state index < -0.39 is 5.97 Å². The predicted octanol–water partition coefficient (Wildman–Crippen LogP) is 4.31. The van der Waals surface area contributed by atoms with Gasteiger partial charge in [0.05, 0.1) is 30.0 Å². The van der Waals surface area contributed by atoms with Gasteiger partial charge in [0.15, 0.2) is 0 Å². The van der Waals surface area contributed by atoms with Crippen LogP contribution in [0, 0.1) is 11.8 Å². The summed E-state index contributed by atoms with van der Waals surface area (Å²) in [6, 6.07) is 18.0. The number of nitrogens with one attached hydrogen (secondary N) is 1. The molecule has 0 spiro atoms. The standard InChI is InChI=1S/C35H41N5O5/c36-28-14-10-27(11-15-28)35(44)45-22-40-21-37-31-18-19-39(20-30(31)32(40)38-29-16-12-26(13-17-29)34(42)43)33(41)25-8-6-24(7-9-25)23-4-2-1-3-5-23/h1-9,21,26-29H,10-20,22,36H2,(H,42,43)/p+1. The summed E-state index contributed by atoms with van der Waals surface area (Å²) in [5.74, 6) is -0.727. The van der Waals surface area contributed by atoms with E-state index in [1.165, 1.54) is 0 Å². The Morgan fingerprint density at radius 1 is 0.911 bits per heavy atom. The molecule has 1 aliphatic heterocycles. The van der Waals surface area contributed by atoms with E-state index in [2.05, 4.69) is 5.32 Å². The molecule has 3 aliphatic rings. The number of aliphatic carboxylic acids is 1. The van der Waals surface area contributed by atoms with Crippen LogP contribution in [-0.2, 0) is 34.0 Å². The highest BCUT2D eigenvalue weighted by Gasteiger charge is 2.34. The lowest BCUT2D eigenvalue weighted by molar-refractivity contribution is -0.718. The van der Waals surface area contributed by atoms with Gasteiger partial charge in [-0.25, -0.2) is 4.57 Å². The van der Waals surface area contributed by atoms with Crippen LogP contribution in [0.1, 0.15) is 73.0 Å². The Morgan fingerprint density at radius 3 is 2.27 bits per heavy atom.